The molecule has 1 aromatic carbocycles. The summed E-state index contributed by atoms with van der Waals surface area (Å²) in [5.74, 6) is 1.60. The van der Waals surface area contributed by atoms with E-state index < -0.39 is 6.10 Å². The molecule has 2 atom stereocenters. The van der Waals surface area contributed by atoms with Crippen LogP contribution in [0.3, 0.4) is 0 Å². The first-order chi connectivity index (χ1) is 17.7. The van der Waals surface area contributed by atoms with Crippen molar-refractivity contribution in [1.82, 2.24) is 10.1 Å². The van der Waals surface area contributed by atoms with Gasteiger partial charge in [-0.2, -0.15) is 0 Å². The normalized spacial score (nSPS) is 17.1. The van der Waals surface area contributed by atoms with Gasteiger partial charge in [0.2, 0.25) is 5.88 Å². The molecule has 1 fully saturated rings. The Morgan fingerprint density at radius 3 is 2.81 bits per heavy atom. The smallest absolute Gasteiger partial charge is 0.232 e. The van der Waals surface area contributed by atoms with Crippen LogP contribution in [0.4, 0.5) is 5.88 Å². The summed E-state index contributed by atoms with van der Waals surface area (Å²) in [4.78, 5) is 4.60. The highest BCUT2D eigenvalue weighted by molar-refractivity contribution is 5.68. The van der Waals surface area contributed by atoms with Gasteiger partial charge >= 0.3 is 0 Å². The molecule has 3 heterocycles. The number of anilines is 1. The van der Waals surface area contributed by atoms with Crippen molar-refractivity contribution in [3.05, 3.63) is 60.1 Å². The van der Waals surface area contributed by atoms with Crippen LogP contribution in [0.1, 0.15) is 43.9 Å². The highest BCUT2D eigenvalue weighted by Crippen LogP contribution is 2.35. The summed E-state index contributed by atoms with van der Waals surface area (Å²) in [7, 11) is 1.71. The van der Waals surface area contributed by atoms with E-state index in [1.54, 1.807) is 13.4 Å². The minimum absolute atomic E-state index is 0.229. The molecule has 0 aliphatic carbocycles. The van der Waals surface area contributed by atoms with Gasteiger partial charge in [-0.1, -0.05) is 35.5 Å². The first-order valence-corrected chi connectivity index (χ1v) is 13.0. The zero-order valence-electron chi connectivity index (χ0n) is 21.5. The molecule has 0 radical (unpaired) electrons. The van der Waals surface area contributed by atoms with Crippen molar-refractivity contribution in [2.45, 2.75) is 57.9 Å². The molecule has 0 spiro atoms. The lowest BCUT2D eigenvalue weighted by Gasteiger charge is -2.34. The zero-order chi connectivity index (χ0) is 25.2. The van der Waals surface area contributed by atoms with Crippen molar-refractivity contribution in [1.29, 1.82) is 0 Å². The van der Waals surface area contributed by atoms with Gasteiger partial charge in [0.15, 0.2) is 0 Å². The number of piperidine rings is 1. The summed E-state index contributed by atoms with van der Waals surface area (Å²) in [5, 5.41) is 15.3. The molecule has 1 N–H and O–H groups in total. The number of aliphatic hydroxyl groups is 1. The first-order valence-electron chi connectivity index (χ1n) is 13.0. The Kier molecular flexibility index (Phi) is 9.98. The summed E-state index contributed by atoms with van der Waals surface area (Å²) in [6.45, 7) is 6.31. The van der Waals surface area contributed by atoms with Crippen molar-refractivity contribution >= 4 is 5.88 Å². The molecule has 1 aliphatic rings. The average Bonchev–Trinajstić information content (AvgIpc) is 3.55. The molecular weight excluding hydrogens is 458 g/mol. The highest BCUT2D eigenvalue weighted by Gasteiger charge is 2.29. The second kappa shape index (κ2) is 13.6. The van der Waals surface area contributed by atoms with Crippen molar-refractivity contribution in [2.24, 2.45) is 0 Å². The van der Waals surface area contributed by atoms with Gasteiger partial charge in [0.05, 0.1) is 24.5 Å². The summed E-state index contributed by atoms with van der Waals surface area (Å²) < 4.78 is 22.3. The van der Waals surface area contributed by atoms with E-state index in [1.165, 1.54) is 6.42 Å². The van der Waals surface area contributed by atoms with Crippen LogP contribution in [-0.4, -0.2) is 67.3 Å². The molecule has 2 aromatic heterocycles. The predicted molar refractivity (Wildman–Crippen MR) is 139 cm³/mol. The number of ether oxygens (including phenoxy) is 2. The van der Waals surface area contributed by atoms with E-state index in [0.29, 0.717) is 32.3 Å². The quantitative estimate of drug-likeness (QED) is 0.320. The van der Waals surface area contributed by atoms with Gasteiger partial charge in [-0.3, -0.25) is 4.90 Å². The third-order valence-electron chi connectivity index (χ3n) is 6.69. The third kappa shape index (κ3) is 7.20. The maximum absolute atomic E-state index is 10.8. The lowest BCUT2D eigenvalue weighted by molar-refractivity contribution is 0.00282. The number of aromatic nitrogens is 1. The number of benzene rings is 1. The molecule has 1 saturated heterocycles. The zero-order valence-corrected chi connectivity index (χ0v) is 21.5. The number of rotatable bonds is 14. The summed E-state index contributed by atoms with van der Waals surface area (Å²) in [6, 6.07) is 14.3. The van der Waals surface area contributed by atoms with Crippen LogP contribution in [0.5, 0.6) is 0 Å². The Labute approximate surface area is 213 Å². The van der Waals surface area contributed by atoms with Crippen LogP contribution >= 0.6 is 0 Å². The van der Waals surface area contributed by atoms with Crippen LogP contribution in [0, 0.1) is 0 Å². The number of nitrogens with zero attached hydrogens (tertiary/aromatic N) is 3. The van der Waals surface area contributed by atoms with Gasteiger partial charge in [-0.25, -0.2) is 0 Å². The molecule has 0 saturated carbocycles. The maximum atomic E-state index is 10.8. The summed E-state index contributed by atoms with van der Waals surface area (Å²) in [6.07, 6.45) is 5.37. The fourth-order valence-corrected chi connectivity index (χ4v) is 4.82. The van der Waals surface area contributed by atoms with Crippen LogP contribution in [0.25, 0.3) is 11.3 Å². The Bertz CT molecular complexity index is 1010. The fourth-order valence-electron chi connectivity index (χ4n) is 4.82. The van der Waals surface area contributed by atoms with Crippen molar-refractivity contribution in [2.75, 3.05) is 44.9 Å². The Hall–Kier alpha value is -2.65. The van der Waals surface area contributed by atoms with Gasteiger partial charge in [-0.05, 0) is 44.7 Å². The molecule has 196 valence electrons. The van der Waals surface area contributed by atoms with E-state index in [1.807, 2.05) is 30.3 Å². The van der Waals surface area contributed by atoms with E-state index >= 15 is 0 Å². The number of furan rings is 1. The SMILES string of the molecule is COCCCN(Cc1c(-c2ccccc2)noc1N1CCCC[C@H]1C)C[C@@H](O)COCc1ccco1. The Morgan fingerprint density at radius 1 is 1.19 bits per heavy atom. The lowest BCUT2D eigenvalue weighted by atomic mass is 10.0. The maximum Gasteiger partial charge on any atom is 0.232 e. The van der Waals surface area contributed by atoms with Gasteiger partial charge in [-0.15, -0.1) is 0 Å². The van der Waals surface area contributed by atoms with Gasteiger partial charge in [0, 0.05) is 51.5 Å². The van der Waals surface area contributed by atoms with Crippen LogP contribution < -0.4 is 4.90 Å². The topological polar surface area (TPSA) is 84.3 Å². The van der Waals surface area contributed by atoms with Crippen LogP contribution in [0.15, 0.2) is 57.7 Å². The van der Waals surface area contributed by atoms with E-state index in [4.69, 9.17) is 18.4 Å². The second-order valence-electron chi connectivity index (χ2n) is 9.55. The summed E-state index contributed by atoms with van der Waals surface area (Å²) >= 11 is 0. The third-order valence-corrected chi connectivity index (χ3v) is 6.69. The molecule has 4 rings (SSSR count). The first kappa shape index (κ1) is 26.4. The van der Waals surface area contributed by atoms with Gasteiger partial charge in [0.25, 0.3) is 0 Å². The lowest BCUT2D eigenvalue weighted by Crippen LogP contribution is -2.39. The van der Waals surface area contributed by atoms with E-state index in [0.717, 1.165) is 60.8 Å². The van der Waals surface area contributed by atoms with Crippen LogP contribution in [-0.2, 0) is 22.6 Å². The standard InChI is InChI=1S/C28H39N3O5/c1-22-10-6-7-15-31(22)28-26(27(29-36-28)23-11-4-3-5-12-23)19-30(14-9-16-33-2)18-24(32)20-34-21-25-13-8-17-35-25/h3-5,8,11-13,17,22,24,32H,6-7,9-10,14-16,18-21H2,1-2H3/t22-,24-/m1/s1. The van der Waals surface area contributed by atoms with Gasteiger partial charge < -0.3 is 28.4 Å². The number of aliphatic hydroxyl groups excluding tert-OH is 1. The molecule has 0 unspecified atom stereocenters. The minimum Gasteiger partial charge on any atom is -0.467 e. The van der Waals surface area contributed by atoms with Crippen molar-refractivity contribution < 1.29 is 23.5 Å². The number of hydrogen-bond donors (Lipinski definition) is 1. The molecular formula is C28H39N3O5. The Morgan fingerprint density at radius 2 is 2.06 bits per heavy atom. The van der Waals surface area contributed by atoms with E-state index in [2.05, 4.69) is 34.0 Å². The van der Waals surface area contributed by atoms with Gasteiger partial charge in [0.1, 0.15) is 18.1 Å². The highest BCUT2D eigenvalue weighted by atomic mass is 16.5. The largest absolute Gasteiger partial charge is 0.467 e. The molecule has 0 bridgehead atoms. The fraction of sp³-hybridized carbons (Fsp3) is 0.536. The number of methoxy groups -OCH3 is 1. The molecule has 3 aromatic rings. The van der Waals surface area contributed by atoms with E-state index in [-0.39, 0.29) is 6.61 Å². The molecule has 8 nitrogen and oxygen atoms in total. The molecule has 36 heavy (non-hydrogen) atoms. The average molecular weight is 498 g/mol. The minimum atomic E-state index is -0.639. The molecule has 1 aliphatic heterocycles. The number of hydrogen-bond acceptors (Lipinski definition) is 8. The van der Waals surface area contributed by atoms with Crippen LogP contribution in [0.2, 0.25) is 0 Å². The predicted octanol–water partition coefficient (Wildman–Crippen LogP) is 4.73. The monoisotopic (exact) mass is 497 g/mol. The summed E-state index contributed by atoms with van der Waals surface area (Å²) in [5.41, 5.74) is 2.96. The Balaban J connectivity index is 1.52. The second-order valence-corrected chi connectivity index (χ2v) is 9.55. The van der Waals surface area contributed by atoms with Crippen molar-refractivity contribution in [3.8, 4) is 11.3 Å². The van der Waals surface area contributed by atoms with Crippen molar-refractivity contribution in [3.63, 3.8) is 0 Å². The van der Waals surface area contributed by atoms with E-state index in [9.17, 15) is 5.11 Å². The molecule has 8 heteroatoms. The molecule has 0 amide bonds.